The van der Waals surface area contributed by atoms with Gasteiger partial charge in [0.2, 0.25) is 5.91 Å². The maximum absolute atomic E-state index is 12.8. The van der Waals surface area contributed by atoms with Gasteiger partial charge in [0, 0.05) is 25.2 Å². The van der Waals surface area contributed by atoms with Gasteiger partial charge in [-0.2, -0.15) is 0 Å². The van der Waals surface area contributed by atoms with Crippen molar-refractivity contribution in [3.63, 3.8) is 0 Å². The Bertz CT molecular complexity index is 865. The van der Waals surface area contributed by atoms with E-state index in [2.05, 4.69) is 9.89 Å². The molecule has 1 atom stereocenters. The lowest BCUT2D eigenvalue weighted by molar-refractivity contribution is -0.130. The lowest BCUT2D eigenvalue weighted by atomic mass is 9.89. The third kappa shape index (κ3) is 2.53. The molecule has 0 aromatic heterocycles. The van der Waals surface area contributed by atoms with Crippen molar-refractivity contribution >= 4 is 28.6 Å². The number of nitrogens with zero attached hydrogens (tertiary/aromatic N) is 3. The second-order valence-corrected chi connectivity index (χ2v) is 8.00. The van der Waals surface area contributed by atoms with E-state index >= 15 is 0 Å². The number of amides is 1. The quantitative estimate of drug-likeness (QED) is 0.800. The molecule has 0 aliphatic carbocycles. The summed E-state index contributed by atoms with van der Waals surface area (Å²) in [7, 11) is 0. The van der Waals surface area contributed by atoms with E-state index in [1.165, 1.54) is 0 Å². The smallest absolute Gasteiger partial charge is 0.228 e. The standard InChI is InChI=1S/C19H19N3O3S/c23-15-10-19(25-16-4-2-1-3-14(15)16)5-7-21(12-19)17(24)9-13-11-26-18-20-6-8-22(13)18/h1-4,11H,5-10,12H2/t19-/m1/s1. The number of Topliss-reactive ketones (excluding diaryl/α,β-unsaturated/α-hetero) is 1. The lowest BCUT2D eigenvalue weighted by Crippen LogP contribution is -2.45. The fourth-order valence-corrected chi connectivity index (χ4v) is 5.06. The Morgan fingerprint density at radius 1 is 1.31 bits per heavy atom. The fourth-order valence-electron chi connectivity index (χ4n) is 4.11. The molecule has 1 amide bonds. The van der Waals surface area contributed by atoms with Crippen molar-refractivity contribution in [3.05, 3.63) is 40.9 Å². The third-order valence-corrected chi connectivity index (χ3v) is 6.40. The van der Waals surface area contributed by atoms with Crippen molar-refractivity contribution in [1.82, 2.24) is 9.80 Å². The number of rotatable bonds is 2. The van der Waals surface area contributed by atoms with Gasteiger partial charge in [0.25, 0.3) is 0 Å². The summed E-state index contributed by atoms with van der Waals surface area (Å²) < 4.78 is 6.21. The topological polar surface area (TPSA) is 62.2 Å². The van der Waals surface area contributed by atoms with Gasteiger partial charge in [-0.25, -0.2) is 0 Å². The monoisotopic (exact) mass is 369 g/mol. The van der Waals surface area contributed by atoms with Gasteiger partial charge in [0.1, 0.15) is 11.4 Å². The third-order valence-electron chi connectivity index (χ3n) is 5.45. The molecule has 4 aliphatic rings. The molecular formula is C19H19N3O3S. The summed E-state index contributed by atoms with van der Waals surface area (Å²) in [5.74, 6) is 0.844. The van der Waals surface area contributed by atoms with E-state index < -0.39 is 5.60 Å². The summed E-state index contributed by atoms with van der Waals surface area (Å²) in [6.45, 7) is 2.78. The first kappa shape index (κ1) is 15.9. The van der Waals surface area contributed by atoms with Crippen LogP contribution in [0.2, 0.25) is 0 Å². The van der Waals surface area contributed by atoms with Crippen molar-refractivity contribution < 1.29 is 14.3 Å². The Morgan fingerprint density at radius 2 is 2.19 bits per heavy atom. The number of ketones is 1. The summed E-state index contributed by atoms with van der Waals surface area (Å²) in [5, 5.41) is 3.03. The highest BCUT2D eigenvalue weighted by Crippen LogP contribution is 2.39. The number of amidine groups is 1. The first-order valence-electron chi connectivity index (χ1n) is 8.90. The zero-order chi connectivity index (χ0) is 17.7. The van der Waals surface area contributed by atoms with Gasteiger partial charge >= 0.3 is 0 Å². The van der Waals surface area contributed by atoms with E-state index in [-0.39, 0.29) is 11.7 Å². The van der Waals surface area contributed by atoms with E-state index in [9.17, 15) is 9.59 Å². The van der Waals surface area contributed by atoms with Crippen LogP contribution < -0.4 is 4.74 Å². The molecule has 1 spiro atoms. The van der Waals surface area contributed by atoms with E-state index in [4.69, 9.17) is 4.74 Å². The molecule has 0 bridgehead atoms. The number of hydrogen-bond acceptors (Lipinski definition) is 6. The highest BCUT2D eigenvalue weighted by Gasteiger charge is 2.47. The SMILES string of the molecule is O=C1C[C@@]2(CCN(C(=O)CC3=CSC4=NCCN34)C2)Oc2ccccc21. The van der Waals surface area contributed by atoms with Crippen molar-refractivity contribution in [2.24, 2.45) is 4.99 Å². The molecule has 134 valence electrons. The molecule has 4 aliphatic heterocycles. The Morgan fingerprint density at radius 3 is 3.12 bits per heavy atom. The fraction of sp³-hybridized carbons (Fsp3) is 0.421. The average molecular weight is 369 g/mol. The van der Waals surface area contributed by atoms with Crippen LogP contribution in [-0.4, -0.2) is 58.4 Å². The predicted octanol–water partition coefficient (Wildman–Crippen LogP) is 2.27. The van der Waals surface area contributed by atoms with Crippen molar-refractivity contribution in [3.8, 4) is 5.75 Å². The van der Waals surface area contributed by atoms with Gasteiger partial charge in [-0.3, -0.25) is 14.6 Å². The molecule has 1 aromatic rings. The molecule has 0 saturated carbocycles. The summed E-state index contributed by atoms with van der Waals surface area (Å²) in [6, 6.07) is 7.38. The van der Waals surface area contributed by atoms with Crippen LogP contribution in [0, 0.1) is 0 Å². The Balaban J connectivity index is 1.28. The minimum Gasteiger partial charge on any atom is -0.484 e. The number of aliphatic imine (C=N–C) groups is 1. The van der Waals surface area contributed by atoms with E-state index in [0.717, 1.165) is 24.0 Å². The molecule has 26 heavy (non-hydrogen) atoms. The van der Waals surface area contributed by atoms with Crippen LogP contribution in [0.15, 0.2) is 40.4 Å². The summed E-state index contributed by atoms with van der Waals surface area (Å²) in [5.41, 5.74) is 1.11. The Kier molecular flexibility index (Phi) is 3.60. The molecule has 1 aromatic carbocycles. The highest BCUT2D eigenvalue weighted by atomic mass is 32.2. The minimum absolute atomic E-state index is 0.0942. The van der Waals surface area contributed by atoms with Crippen molar-refractivity contribution in [2.45, 2.75) is 24.9 Å². The number of likely N-dealkylation sites (tertiary alicyclic amines) is 1. The second kappa shape index (κ2) is 5.87. The van der Waals surface area contributed by atoms with Crippen molar-refractivity contribution in [2.75, 3.05) is 26.2 Å². The van der Waals surface area contributed by atoms with E-state index in [1.54, 1.807) is 11.8 Å². The normalized spacial score (nSPS) is 26.5. The number of ether oxygens (including phenoxy) is 1. The van der Waals surface area contributed by atoms with Crippen LogP contribution in [0.3, 0.4) is 0 Å². The number of benzene rings is 1. The molecular weight excluding hydrogens is 350 g/mol. The number of fused-ring (bicyclic) bond motifs is 2. The van der Waals surface area contributed by atoms with Crippen LogP contribution in [0.5, 0.6) is 5.75 Å². The number of carbonyl (C=O) groups excluding carboxylic acids is 2. The first-order valence-corrected chi connectivity index (χ1v) is 9.78. The van der Waals surface area contributed by atoms with Gasteiger partial charge in [0.05, 0.1) is 31.5 Å². The minimum atomic E-state index is -0.569. The molecule has 1 fully saturated rings. The molecule has 0 radical (unpaired) electrons. The number of hydrogen-bond donors (Lipinski definition) is 0. The van der Waals surface area contributed by atoms with E-state index in [1.807, 2.05) is 34.6 Å². The van der Waals surface area contributed by atoms with Crippen LogP contribution in [-0.2, 0) is 4.79 Å². The van der Waals surface area contributed by atoms with Gasteiger partial charge in [-0.15, -0.1) is 0 Å². The lowest BCUT2D eigenvalue weighted by Gasteiger charge is -2.34. The molecule has 7 heteroatoms. The maximum atomic E-state index is 12.8. The molecule has 5 rings (SSSR count). The Labute approximate surface area is 155 Å². The zero-order valence-electron chi connectivity index (χ0n) is 14.3. The molecule has 1 saturated heterocycles. The van der Waals surface area contributed by atoms with Gasteiger partial charge in [0.15, 0.2) is 11.0 Å². The van der Waals surface area contributed by atoms with E-state index in [0.29, 0.717) is 43.7 Å². The average Bonchev–Trinajstić information content (AvgIpc) is 3.33. The van der Waals surface area contributed by atoms with Gasteiger partial charge in [-0.1, -0.05) is 23.9 Å². The Hall–Kier alpha value is -2.28. The summed E-state index contributed by atoms with van der Waals surface area (Å²) >= 11 is 1.59. The van der Waals surface area contributed by atoms with Gasteiger partial charge in [-0.05, 0) is 17.5 Å². The number of para-hydroxylation sites is 1. The number of thioether (sulfide) groups is 1. The maximum Gasteiger partial charge on any atom is 0.228 e. The predicted molar refractivity (Wildman–Crippen MR) is 99.2 cm³/mol. The highest BCUT2D eigenvalue weighted by molar-refractivity contribution is 8.16. The summed E-state index contributed by atoms with van der Waals surface area (Å²) in [4.78, 5) is 33.7. The van der Waals surface area contributed by atoms with Crippen LogP contribution >= 0.6 is 11.8 Å². The van der Waals surface area contributed by atoms with Crippen LogP contribution in [0.25, 0.3) is 0 Å². The molecule has 0 unspecified atom stereocenters. The van der Waals surface area contributed by atoms with Crippen LogP contribution in [0.4, 0.5) is 0 Å². The first-order chi connectivity index (χ1) is 12.6. The molecule has 6 nitrogen and oxygen atoms in total. The largest absolute Gasteiger partial charge is 0.484 e. The zero-order valence-corrected chi connectivity index (χ0v) is 15.1. The second-order valence-electron chi connectivity index (χ2n) is 7.17. The van der Waals surface area contributed by atoms with Gasteiger partial charge < -0.3 is 14.5 Å². The van der Waals surface area contributed by atoms with Crippen LogP contribution in [0.1, 0.15) is 29.6 Å². The van der Waals surface area contributed by atoms with Crippen molar-refractivity contribution in [1.29, 1.82) is 0 Å². The molecule has 0 N–H and O–H groups in total. The number of carbonyl (C=O) groups is 2. The summed E-state index contributed by atoms with van der Waals surface area (Å²) in [6.07, 6.45) is 1.42. The molecule has 4 heterocycles.